The third-order valence-electron chi connectivity index (χ3n) is 4.41. The second-order valence-corrected chi connectivity index (χ2v) is 8.02. The number of non-ortho nitro benzene ring substituents is 1. The number of nitro groups is 2. The van der Waals surface area contributed by atoms with Crippen LogP contribution < -0.4 is 5.32 Å². The zero-order chi connectivity index (χ0) is 22.0. The summed E-state index contributed by atoms with van der Waals surface area (Å²) in [6.07, 6.45) is 2.17. The average Bonchev–Trinajstić information content (AvgIpc) is 3.11. The van der Waals surface area contributed by atoms with Gasteiger partial charge in [-0.1, -0.05) is 23.7 Å². The minimum absolute atomic E-state index is 0.0363. The SMILES string of the molecule is Cc1ccc(Cc2cnc(NC(=O)c3cc([N+](=O)[O-])cc([N+](=O)[O-])c3C)s2)cc1Cl. The number of halogens is 1. The zero-order valence-electron chi connectivity index (χ0n) is 15.8. The van der Waals surface area contributed by atoms with Gasteiger partial charge in [-0.2, -0.15) is 0 Å². The van der Waals surface area contributed by atoms with Gasteiger partial charge >= 0.3 is 0 Å². The number of aryl methyl sites for hydroxylation is 1. The highest BCUT2D eigenvalue weighted by molar-refractivity contribution is 7.15. The maximum absolute atomic E-state index is 12.6. The molecule has 1 N–H and O–H groups in total. The first-order valence-electron chi connectivity index (χ1n) is 8.60. The van der Waals surface area contributed by atoms with Crippen LogP contribution in [0.4, 0.5) is 16.5 Å². The van der Waals surface area contributed by atoms with Crippen molar-refractivity contribution in [3.63, 3.8) is 0 Å². The summed E-state index contributed by atoms with van der Waals surface area (Å²) in [5.41, 5.74) is 0.808. The van der Waals surface area contributed by atoms with Gasteiger partial charge in [0.05, 0.1) is 21.5 Å². The van der Waals surface area contributed by atoms with Crippen molar-refractivity contribution in [3.05, 3.63) is 88.9 Å². The number of benzene rings is 2. The van der Waals surface area contributed by atoms with Crippen LogP contribution in [0.1, 0.15) is 31.9 Å². The van der Waals surface area contributed by atoms with Crippen molar-refractivity contribution in [1.82, 2.24) is 4.98 Å². The predicted octanol–water partition coefficient (Wildman–Crippen LogP) is 5.07. The number of rotatable bonds is 6. The quantitative estimate of drug-likeness (QED) is 0.415. The Morgan fingerprint density at radius 2 is 1.90 bits per heavy atom. The molecule has 0 radical (unpaired) electrons. The number of hydrogen-bond acceptors (Lipinski definition) is 7. The fourth-order valence-electron chi connectivity index (χ4n) is 2.77. The number of nitrogens with zero attached hydrogens (tertiary/aromatic N) is 3. The van der Waals surface area contributed by atoms with E-state index in [4.69, 9.17) is 11.6 Å². The van der Waals surface area contributed by atoms with Crippen LogP contribution in [0.5, 0.6) is 0 Å². The van der Waals surface area contributed by atoms with E-state index in [-0.39, 0.29) is 16.3 Å². The summed E-state index contributed by atoms with van der Waals surface area (Å²) in [6, 6.07) is 7.57. The minimum atomic E-state index is -0.780. The van der Waals surface area contributed by atoms with Crippen molar-refractivity contribution in [2.45, 2.75) is 20.3 Å². The number of anilines is 1. The van der Waals surface area contributed by atoms with E-state index in [9.17, 15) is 25.0 Å². The van der Waals surface area contributed by atoms with Gasteiger partial charge in [-0.3, -0.25) is 30.3 Å². The number of amides is 1. The number of hydrogen-bond donors (Lipinski definition) is 1. The lowest BCUT2D eigenvalue weighted by Crippen LogP contribution is -2.14. The topological polar surface area (TPSA) is 128 Å². The van der Waals surface area contributed by atoms with E-state index in [2.05, 4.69) is 10.3 Å². The molecule has 0 aliphatic carbocycles. The molecule has 0 bridgehead atoms. The molecule has 30 heavy (non-hydrogen) atoms. The Hall–Kier alpha value is -3.37. The molecule has 0 saturated carbocycles. The summed E-state index contributed by atoms with van der Waals surface area (Å²) in [4.78, 5) is 38.4. The maximum Gasteiger partial charge on any atom is 0.279 e. The first kappa shape index (κ1) is 21.3. The Labute approximate surface area is 179 Å². The molecule has 1 aromatic heterocycles. The molecule has 154 valence electrons. The monoisotopic (exact) mass is 446 g/mol. The van der Waals surface area contributed by atoms with Gasteiger partial charge in [-0.15, -0.1) is 11.3 Å². The van der Waals surface area contributed by atoms with Gasteiger partial charge in [-0.25, -0.2) is 4.98 Å². The van der Waals surface area contributed by atoms with Crippen LogP contribution in [0, 0.1) is 34.1 Å². The fourth-order valence-corrected chi connectivity index (χ4v) is 3.82. The predicted molar refractivity (Wildman–Crippen MR) is 114 cm³/mol. The lowest BCUT2D eigenvalue weighted by atomic mass is 10.0. The molecular formula is C19H15ClN4O5S. The van der Waals surface area contributed by atoms with E-state index in [0.29, 0.717) is 11.4 Å². The molecule has 0 aliphatic rings. The standard InChI is InChI=1S/C19H15ClN4O5S/c1-10-3-4-12(6-16(10)20)5-14-9-21-19(30-14)22-18(25)15-7-13(23(26)27)8-17(11(15)2)24(28)29/h3-4,6-9H,5H2,1-2H3,(H,21,22,25). The summed E-state index contributed by atoms with van der Waals surface area (Å²) in [6.45, 7) is 3.28. The number of carbonyl (C=O) groups is 1. The molecule has 1 heterocycles. The van der Waals surface area contributed by atoms with Gasteiger partial charge < -0.3 is 0 Å². The molecule has 9 nitrogen and oxygen atoms in total. The highest BCUT2D eigenvalue weighted by Gasteiger charge is 2.25. The molecule has 0 saturated heterocycles. The second kappa shape index (κ2) is 8.56. The van der Waals surface area contributed by atoms with Crippen LogP contribution in [-0.2, 0) is 6.42 Å². The van der Waals surface area contributed by atoms with Crippen molar-refractivity contribution >= 4 is 45.4 Å². The third-order valence-corrected chi connectivity index (χ3v) is 5.73. The van der Waals surface area contributed by atoms with Crippen molar-refractivity contribution in [2.24, 2.45) is 0 Å². The first-order chi connectivity index (χ1) is 14.2. The minimum Gasteiger partial charge on any atom is -0.298 e. The lowest BCUT2D eigenvalue weighted by Gasteiger charge is -2.06. The van der Waals surface area contributed by atoms with Gasteiger partial charge in [0.25, 0.3) is 17.3 Å². The van der Waals surface area contributed by atoms with E-state index >= 15 is 0 Å². The van der Waals surface area contributed by atoms with E-state index in [0.717, 1.165) is 28.1 Å². The molecule has 11 heteroatoms. The Morgan fingerprint density at radius 3 is 2.53 bits per heavy atom. The molecule has 0 atom stereocenters. The van der Waals surface area contributed by atoms with Crippen LogP contribution in [0.25, 0.3) is 0 Å². The van der Waals surface area contributed by atoms with Gasteiger partial charge in [0.15, 0.2) is 5.13 Å². The molecule has 0 spiro atoms. The average molecular weight is 447 g/mol. The molecule has 3 rings (SSSR count). The molecular weight excluding hydrogens is 432 g/mol. The molecule has 1 amide bonds. The van der Waals surface area contributed by atoms with Crippen LogP contribution >= 0.6 is 22.9 Å². The van der Waals surface area contributed by atoms with Gasteiger partial charge in [0.2, 0.25) is 0 Å². The van der Waals surface area contributed by atoms with E-state index < -0.39 is 27.1 Å². The number of nitrogens with one attached hydrogen (secondary N) is 1. The number of thiazole rings is 1. The van der Waals surface area contributed by atoms with Crippen molar-refractivity contribution in [1.29, 1.82) is 0 Å². The Balaban J connectivity index is 1.82. The highest BCUT2D eigenvalue weighted by atomic mass is 35.5. The number of nitro benzene ring substituents is 2. The van der Waals surface area contributed by atoms with Crippen molar-refractivity contribution < 1.29 is 14.6 Å². The summed E-state index contributed by atoms with van der Waals surface area (Å²) in [5, 5.41) is 25.8. The van der Waals surface area contributed by atoms with Crippen molar-refractivity contribution in [2.75, 3.05) is 5.32 Å². The van der Waals surface area contributed by atoms with Crippen LogP contribution in [0.2, 0.25) is 5.02 Å². The van der Waals surface area contributed by atoms with Crippen LogP contribution in [0.15, 0.2) is 36.5 Å². The summed E-state index contributed by atoms with van der Waals surface area (Å²) >= 11 is 7.38. The molecule has 0 aliphatic heterocycles. The Bertz CT molecular complexity index is 1180. The van der Waals surface area contributed by atoms with Gasteiger partial charge in [-0.05, 0) is 31.0 Å². The summed E-state index contributed by atoms with van der Waals surface area (Å²) in [5.74, 6) is -0.710. The van der Waals surface area contributed by atoms with E-state index in [1.165, 1.54) is 18.3 Å². The van der Waals surface area contributed by atoms with Crippen molar-refractivity contribution in [3.8, 4) is 0 Å². The van der Waals surface area contributed by atoms with Crippen LogP contribution in [-0.4, -0.2) is 20.7 Å². The van der Waals surface area contributed by atoms with E-state index in [1.807, 2.05) is 25.1 Å². The fraction of sp³-hybridized carbons (Fsp3) is 0.158. The molecule has 0 fully saturated rings. The van der Waals surface area contributed by atoms with Gasteiger partial charge in [0.1, 0.15) is 0 Å². The normalized spacial score (nSPS) is 10.6. The smallest absolute Gasteiger partial charge is 0.279 e. The Kier molecular flexibility index (Phi) is 6.09. The molecule has 0 unspecified atom stereocenters. The molecule has 2 aromatic carbocycles. The number of aromatic nitrogens is 1. The largest absolute Gasteiger partial charge is 0.298 e. The number of carbonyl (C=O) groups excluding carboxylic acids is 1. The Morgan fingerprint density at radius 1 is 1.17 bits per heavy atom. The summed E-state index contributed by atoms with van der Waals surface area (Å²) < 4.78 is 0. The first-order valence-corrected chi connectivity index (χ1v) is 9.79. The summed E-state index contributed by atoms with van der Waals surface area (Å²) in [7, 11) is 0. The molecule has 3 aromatic rings. The lowest BCUT2D eigenvalue weighted by molar-refractivity contribution is -0.394. The van der Waals surface area contributed by atoms with Gasteiger partial charge in [0, 0.05) is 34.1 Å². The second-order valence-electron chi connectivity index (χ2n) is 6.50. The van der Waals surface area contributed by atoms with Crippen LogP contribution in [0.3, 0.4) is 0 Å². The third kappa shape index (κ3) is 4.61. The maximum atomic E-state index is 12.6. The zero-order valence-corrected chi connectivity index (χ0v) is 17.4. The highest BCUT2D eigenvalue weighted by Crippen LogP contribution is 2.29. The van der Waals surface area contributed by atoms with E-state index in [1.54, 1.807) is 6.20 Å².